The number of hydrogen-bond donors (Lipinski definition) is 3. The van der Waals surface area contributed by atoms with Crippen molar-refractivity contribution in [1.82, 2.24) is 0 Å². The van der Waals surface area contributed by atoms with Gasteiger partial charge < -0.3 is 19.8 Å². The molecule has 7 nitrogen and oxygen atoms in total. The fourth-order valence-electron chi connectivity index (χ4n) is 6.80. The van der Waals surface area contributed by atoms with Crippen molar-refractivity contribution >= 4 is 17.9 Å². The maximum atomic E-state index is 12.0. The van der Waals surface area contributed by atoms with E-state index in [0.717, 1.165) is 19.3 Å². The number of aliphatic carboxylic acids is 3. The van der Waals surface area contributed by atoms with E-state index >= 15 is 0 Å². The molecule has 0 saturated carbocycles. The number of rotatable bonds is 34. The summed E-state index contributed by atoms with van der Waals surface area (Å²) in [5.41, 5.74) is 0. The Morgan fingerprint density at radius 3 is 1.02 bits per heavy atom. The highest BCUT2D eigenvalue weighted by Crippen LogP contribution is 2.25. The van der Waals surface area contributed by atoms with Crippen LogP contribution in [0.3, 0.4) is 0 Å². The quantitative estimate of drug-likeness (QED) is 0.0362. The van der Waals surface area contributed by atoms with Crippen molar-refractivity contribution in [3.05, 3.63) is 12.2 Å². The summed E-state index contributed by atoms with van der Waals surface area (Å²) in [7, 11) is 0. The molecule has 0 radical (unpaired) electrons. The summed E-state index contributed by atoms with van der Waals surface area (Å²) in [6.45, 7) is 9.28. The van der Waals surface area contributed by atoms with Crippen LogP contribution >= 0.6 is 0 Å². The number of hydrogen-bond acceptors (Lipinski definition) is 3. The molecule has 0 fully saturated rings. The Bertz CT molecular complexity index is 738. The van der Waals surface area contributed by atoms with E-state index in [1.54, 1.807) is 0 Å². The number of carboxylic acids is 3. The highest BCUT2D eigenvalue weighted by Gasteiger charge is 2.40. The van der Waals surface area contributed by atoms with Crippen LogP contribution in [0.1, 0.15) is 175 Å². The van der Waals surface area contributed by atoms with Crippen LogP contribution < -0.4 is 0 Å². The van der Waals surface area contributed by atoms with Gasteiger partial charge in [0.2, 0.25) is 0 Å². The van der Waals surface area contributed by atoms with E-state index < -0.39 is 35.7 Å². The zero-order valence-electron chi connectivity index (χ0n) is 30.5. The highest BCUT2D eigenvalue weighted by atomic mass is 16.4. The largest absolute Gasteiger partial charge is 0.481 e. The summed E-state index contributed by atoms with van der Waals surface area (Å²) in [5.74, 6) is -4.51. The number of allylic oxidation sites excluding steroid dienone is 2. The summed E-state index contributed by atoms with van der Waals surface area (Å²) in [6.07, 6.45) is 31.4. The van der Waals surface area contributed by atoms with Gasteiger partial charge in [-0.1, -0.05) is 130 Å². The predicted octanol–water partition coefficient (Wildman–Crippen LogP) is 10.5. The van der Waals surface area contributed by atoms with Gasteiger partial charge in [0, 0.05) is 0 Å². The molecule has 0 saturated heterocycles. The first-order valence-corrected chi connectivity index (χ1v) is 19.3. The first-order valence-electron chi connectivity index (χ1n) is 19.3. The molecule has 7 heteroatoms. The van der Waals surface area contributed by atoms with Gasteiger partial charge in [0.15, 0.2) is 0 Å². The van der Waals surface area contributed by atoms with Gasteiger partial charge in [-0.15, -0.1) is 0 Å². The van der Waals surface area contributed by atoms with Gasteiger partial charge in [0.1, 0.15) is 17.8 Å². The molecule has 0 bridgehead atoms. The lowest BCUT2D eigenvalue weighted by molar-refractivity contribution is -0.935. The molecule has 3 N–H and O–H groups in total. The van der Waals surface area contributed by atoms with E-state index in [2.05, 4.69) is 19.1 Å². The van der Waals surface area contributed by atoms with Crippen molar-refractivity contribution in [1.29, 1.82) is 0 Å². The Morgan fingerprint density at radius 1 is 0.457 bits per heavy atom. The third-order valence-corrected chi connectivity index (χ3v) is 9.99. The van der Waals surface area contributed by atoms with Crippen molar-refractivity contribution in [3.8, 4) is 0 Å². The maximum absolute atomic E-state index is 12.0. The molecule has 0 aromatic rings. The monoisotopic (exact) mass is 653 g/mol. The lowest BCUT2D eigenvalue weighted by atomic mass is 9.95. The van der Waals surface area contributed by atoms with E-state index in [9.17, 15) is 29.7 Å². The Hall–Kier alpha value is -1.89. The Balaban J connectivity index is 4.45. The Labute approximate surface area is 283 Å². The summed E-state index contributed by atoms with van der Waals surface area (Å²) >= 11 is 0. The minimum atomic E-state index is -0.887. The van der Waals surface area contributed by atoms with E-state index in [0.29, 0.717) is 25.8 Å². The van der Waals surface area contributed by atoms with Crippen molar-refractivity contribution in [2.45, 2.75) is 175 Å². The summed E-state index contributed by atoms with van der Waals surface area (Å²) in [4.78, 5) is 36.0. The Kier molecular flexibility index (Phi) is 28.1. The van der Waals surface area contributed by atoms with Crippen LogP contribution in [0.25, 0.3) is 0 Å². The van der Waals surface area contributed by atoms with Crippen LogP contribution in [-0.2, 0) is 14.4 Å². The Morgan fingerprint density at radius 2 is 0.739 bits per heavy atom. The van der Waals surface area contributed by atoms with E-state index in [1.807, 2.05) is 20.8 Å². The number of quaternary nitrogens is 1. The summed E-state index contributed by atoms with van der Waals surface area (Å²) in [5, 5.41) is 29.5. The van der Waals surface area contributed by atoms with Crippen LogP contribution in [0, 0.1) is 17.8 Å². The molecule has 0 spiro atoms. The van der Waals surface area contributed by atoms with Crippen molar-refractivity contribution in [2.24, 2.45) is 17.8 Å². The number of unbranched alkanes of at least 4 members (excludes halogenated alkanes) is 18. The topological polar surface area (TPSA) is 112 Å². The molecule has 46 heavy (non-hydrogen) atoms. The first kappa shape index (κ1) is 44.1. The minimum Gasteiger partial charge on any atom is -0.481 e. The SMILES string of the molecule is CCCCCCCCCCC/C=C/CCCCCCCCCCC[N+](CC(CC)C(=O)O)(CC(CC)C(=O)O)CC(CC)C(=O)O. The molecular weight excluding hydrogens is 578 g/mol. The molecule has 3 atom stereocenters. The van der Waals surface area contributed by atoms with Gasteiger partial charge in [0.05, 0.1) is 26.2 Å². The first-order chi connectivity index (χ1) is 22.2. The standard InChI is InChI=1S/C39H73NO6/c1-5-9-10-11-12-13-14-15-16-17-18-19-20-21-22-23-24-25-26-27-28-29-30-40(31-34(6-2)37(41)42,32-35(7-3)38(43)44)33-36(8-4)39(45)46/h18-19,34-36H,5-17,20-33H2,1-4H3,(H2-,41,42,43,44,45,46)/p+1/b19-18+. The fraction of sp³-hybridized carbons (Fsp3) is 0.872. The maximum Gasteiger partial charge on any atom is 0.312 e. The molecule has 3 unspecified atom stereocenters. The molecule has 270 valence electrons. The van der Waals surface area contributed by atoms with Crippen molar-refractivity contribution in [3.63, 3.8) is 0 Å². The summed E-state index contributed by atoms with van der Waals surface area (Å²) < 4.78 is 0.258. The minimum absolute atomic E-state index is 0.258. The smallest absolute Gasteiger partial charge is 0.312 e. The van der Waals surface area contributed by atoms with Gasteiger partial charge >= 0.3 is 17.9 Å². The second-order valence-corrected chi connectivity index (χ2v) is 14.0. The van der Waals surface area contributed by atoms with Gasteiger partial charge in [-0.2, -0.15) is 0 Å². The van der Waals surface area contributed by atoms with Crippen molar-refractivity contribution in [2.75, 3.05) is 26.2 Å². The lowest BCUT2D eigenvalue weighted by Gasteiger charge is -2.43. The van der Waals surface area contributed by atoms with E-state index in [1.165, 1.54) is 109 Å². The highest BCUT2D eigenvalue weighted by molar-refractivity contribution is 5.71. The molecule has 0 aliphatic carbocycles. The molecular formula is C39H74NO6+. The van der Waals surface area contributed by atoms with Crippen LogP contribution in [-0.4, -0.2) is 63.9 Å². The van der Waals surface area contributed by atoms with Gasteiger partial charge in [-0.3, -0.25) is 14.4 Å². The fourth-order valence-corrected chi connectivity index (χ4v) is 6.80. The average molecular weight is 653 g/mol. The molecule has 0 aromatic carbocycles. The molecule has 0 aliphatic rings. The van der Waals surface area contributed by atoms with E-state index in [4.69, 9.17) is 0 Å². The third-order valence-electron chi connectivity index (χ3n) is 9.99. The van der Waals surface area contributed by atoms with Crippen LogP contribution in [0.5, 0.6) is 0 Å². The third kappa shape index (κ3) is 22.6. The molecule has 0 rings (SSSR count). The zero-order valence-corrected chi connectivity index (χ0v) is 30.5. The van der Waals surface area contributed by atoms with Gasteiger partial charge in [-0.05, 0) is 57.8 Å². The van der Waals surface area contributed by atoms with Crippen LogP contribution in [0.2, 0.25) is 0 Å². The van der Waals surface area contributed by atoms with Crippen LogP contribution in [0.15, 0.2) is 12.2 Å². The molecule has 0 aromatic heterocycles. The number of carboxylic acid groups (broad SMARTS) is 3. The zero-order chi connectivity index (χ0) is 34.5. The second-order valence-electron chi connectivity index (χ2n) is 14.0. The normalized spacial score (nSPS) is 15.0. The van der Waals surface area contributed by atoms with E-state index in [-0.39, 0.29) is 24.1 Å². The van der Waals surface area contributed by atoms with Crippen molar-refractivity contribution < 1.29 is 34.2 Å². The van der Waals surface area contributed by atoms with Crippen LogP contribution in [0.4, 0.5) is 0 Å². The van der Waals surface area contributed by atoms with Gasteiger partial charge in [0.25, 0.3) is 0 Å². The summed E-state index contributed by atoms with van der Waals surface area (Å²) in [6, 6.07) is 0. The number of carbonyl (C=O) groups is 3. The number of nitrogens with zero attached hydrogens (tertiary/aromatic N) is 1. The molecule has 0 amide bonds. The lowest BCUT2D eigenvalue weighted by Crippen LogP contribution is -2.58. The predicted molar refractivity (Wildman–Crippen MR) is 191 cm³/mol. The molecule has 0 heterocycles. The average Bonchev–Trinajstić information content (AvgIpc) is 3.03. The van der Waals surface area contributed by atoms with Gasteiger partial charge in [-0.25, -0.2) is 0 Å². The molecule has 0 aliphatic heterocycles. The second kappa shape index (κ2) is 29.3.